The molecule has 2 rings (SSSR count). The maximum absolute atomic E-state index is 11.4. The minimum absolute atomic E-state index is 0.230. The molecule has 0 saturated heterocycles. The van der Waals surface area contributed by atoms with E-state index in [-0.39, 0.29) is 6.61 Å². The highest BCUT2D eigenvalue weighted by molar-refractivity contribution is 6.30. The van der Waals surface area contributed by atoms with E-state index in [4.69, 9.17) is 16.3 Å². The maximum Gasteiger partial charge on any atom is 0.372 e. The van der Waals surface area contributed by atoms with Crippen LogP contribution in [0.5, 0.6) is 5.75 Å². The maximum atomic E-state index is 11.4. The number of carbonyl (C=O) groups is 1. The predicted octanol–water partition coefficient (Wildman–Crippen LogP) is 2.69. The van der Waals surface area contributed by atoms with Crippen LogP contribution in [-0.4, -0.2) is 23.8 Å². The molecule has 0 saturated carbocycles. The van der Waals surface area contributed by atoms with E-state index in [2.05, 4.69) is 15.0 Å². The third kappa shape index (κ3) is 4.70. The number of nitrogens with zero attached hydrogens (tertiary/aromatic N) is 2. The standard InChI is InChI=1S/C14H11ClN2O3/c15-12-3-5-13(6-4-12)19-10-14(18)20-17-9-11-2-1-7-16-8-11/h1-9H,10H2. The van der Waals surface area contributed by atoms with Gasteiger partial charge >= 0.3 is 5.97 Å². The van der Waals surface area contributed by atoms with Gasteiger partial charge < -0.3 is 9.57 Å². The summed E-state index contributed by atoms with van der Waals surface area (Å²) in [5.41, 5.74) is 0.735. The number of hydrogen-bond acceptors (Lipinski definition) is 5. The van der Waals surface area contributed by atoms with E-state index in [0.717, 1.165) is 5.56 Å². The third-order valence-corrected chi connectivity index (χ3v) is 2.46. The van der Waals surface area contributed by atoms with Crippen molar-refractivity contribution in [3.63, 3.8) is 0 Å². The Hall–Kier alpha value is -2.40. The molecule has 2 aromatic rings. The topological polar surface area (TPSA) is 60.8 Å². The summed E-state index contributed by atoms with van der Waals surface area (Å²) < 4.78 is 5.21. The summed E-state index contributed by atoms with van der Waals surface area (Å²) in [5, 5.41) is 4.15. The van der Waals surface area contributed by atoms with Gasteiger partial charge in [0.25, 0.3) is 0 Å². The molecule has 6 heteroatoms. The lowest BCUT2D eigenvalue weighted by molar-refractivity contribution is -0.145. The van der Waals surface area contributed by atoms with Crippen LogP contribution in [0.3, 0.4) is 0 Å². The van der Waals surface area contributed by atoms with Crippen molar-refractivity contribution in [1.29, 1.82) is 0 Å². The lowest BCUT2D eigenvalue weighted by Crippen LogP contribution is -2.12. The van der Waals surface area contributed by atoms with Crippen LogP contribution in [0.4, 0.5) is 0 Å². The van der Waals surface area contributed by atoms with E-state index in [0.29, 0.717) is 10.8 Å². The fraction of sp³-hybridized carbons (Fsp3) is 0.0714. The van der Waals surface area contributed by atoms with Gasteiger partial charge in [0.1, 0.15) is 5.75 Å². The Labute approximate surface area is 120 Å². The molecular weight excluding hydrogens is 280 g/mol. The molecule has 0 radical (unpaired) electrons. The summed E-state index contributed by atoms with van der Waals surface area (Å²) in [6.07, 6.45) is 4.64. The molecule has 0 aliphatic carbocycles. The van der Waals surface area contributed by atoms with Crippen molar-refractivity contribution in [1.82, 2.24) is 4.98 Å². The van der Waals surface area contributed by atoms with Gasteiger partial charge in [0, 0.05) is 23.0 Å². The Bertz CT molecular complexity index is 585. The van der Waals surface area contributed by atoms with Crippen LogP contribution in [0.25, 0.3) is 0 Å². The summed E-state index contributed by atoms with van der Waals surface area (Å²) >= 11 is 5.73. The van der Waals surface area contributed by atoms with Crippen molar-refractivity contribution in [3.05, 3.63) is 59.4 Å². The van der Waals surface area contributed by atoms with E-state index in [1.807, 2.05) is 0 Å². The number of oxime groups is 1. The highest BCUT2D eigenvalue weighted by Gasteiger charge is 2.03. The first-order valence-electron chi connectivity index (χ1n) is 5.75. The molecule has 0 aliphatic rings. The monoisotopic (exact) mass is 290 g/mol. The number of halogens is 1. The zero-order valence-electron chi connectivity index (χ0n) is 10.4. The Morgan fingerprint density at radius 3 is 2.80 bits per heavy atom. The van der Waals surface area contributed by atoms with Gasteiger partial charge in [-0.1, -0.05) is 22.8 Å². The number of aromatic nitrogens is 1. The molecule has 5 nitrogen and oxygen atoms in total. The Morgan fingerprint density at radius 2 is 2.10 bits per heavy atom. The van der Waals surface area contributed by atoms with Gasteiger partial charge in [-0.2, -0.15) is 0 Å². The van der Waals surface area contributed by atoms with Crippen molar-refractivity contribution in [2.45, 2.75) is 0 Å². The van der Waals surface area contributed by atoms with Crippen molar-refractivity contribution >= 4 is 23.8 Å². The largest absolute Gasteiger partial charge is 0.482 e. The van der Waals surface area contributed by atoms with Gasteiger partial charge in [-0.3, -0.25) is 4.98 Å². The van der Waals surface area contributed by atoms with Gasteiger partial charge in [0.05, 0.1) is 6.21 Å². The quantitative estimate of drug-likeness (QED) is 0.482. The molecule has 1 aromatic heterocycles. The Balaban J connectivity index is 1.76. The first kappa shape index (κ1) is 14.0. The second-order valence-electron chi connectivity index (χ2n) is 3.73. The molecular formula is C14H11ClN2O3. The smallest absolute Gasteiger partial charge is 0.372 e. The summed E-state index contributed by atoms with van der Waals surface area (Å²) in [4.78, 5) is 19.9. The average Bonchev–Trinajstić information content (AvgIpc) is 2.48. The number of carbonyl (C=O) groups excluding carboxylic acids is 1. The summed E-state index contributed by atoms with van der Waals surface area (Å²) in [5.74, 6) is -0.0670. The number of pyridine rings is 1. The van der Waals surface area contributed by atoms with Crippen molar-refractivity contribution in [3.8, 4) is 5.75 Å². The molecule has 0 atom stereocenters. The van der Waals surface area contributed by atoms with Crippen molar-refractivity contribution in [2.24, 2.45) is 5.16 Å². The van der Waals surface area contributed by atoms with E-state index < -0.39 is 5.97 Å². The molecule has 1 aromatic carbocycles. The van der Waals surface area contributed by atoms with Crippen LogP contribution in [0, 0.1) is 0 Å². The van der Waals surface area contributed by atoms with Gasteiger partial charge in [-0.05, 0) is 30.3 Å². The molecule has 0 aliphatic heterocycles. The normalized spacial score (nSPS) is 10.4. The van der Waals surface area contributed by atoms with Gasteiger partial charge in [0.2, 0.25) is 0 Å². The number of benzene rings is 1. The number of ether oxygens (including phenoxy) is 1. The lowest BCUT2D eigenvalue weighted by atomic mass is 10.3. The van der Waals surface area contributed by atoms with E-state index in [1.54, 1.807) is 48.8 Å². The molecule has 0 spiro atoms. The van der Waals surface area contributed by atoms with E-state index >= 15 is 0 Å². The fourth-order valence-electron chi connectivity index (χ4n) is 1.30. The molecule has 102 valence electrons. The molecule has 20 heavy (non-hydrogen) atoms. The van der Waals surface area contributed by atoms with Crippen LogP contribution in [0.1, 0.15) is 5.56 Å². The second kappa shape index (κ2) is 7.25. The van der Waals surface area contributed by atoms with Crippen molar-refractivity contribution in [2.75, 3.05) is 6.61 Å². The van der Waals surface area contributed by atoms with E-state index in [1.165, 1.54) is 6.21 Å². The van der Waals surface area contributed by atoms with E-state index in [9.17, 15) is 4.79 Å². The highest BCUT2D eigenvalue weighted by Crippen LogP contribution is 2.15. The van der Waals surface area contributed by atoms with Crippen LogP contribution < -0.4 is 4.74 Å². The third-order valence-electron chi connectivity index (χ3n) is 2.21. The molecule has 0 unspecified atom stereocenters. The van der Waals surface area contributed by atoms with Gasteiger partial charge in [-0.15, -0.1) is 0 Å². The second-order valence-corrected chi connectivity index (χ2v) is 4.16. The van der Waals surface area contributed by atoms with Gasteiger partial charge in [-0.25, -0.2) is 4.79 Å². The Morgan fingerprint density at radius 1 is 1.30 bits per heavy atom. The summed E-state index contributed by atoms with van der Waals surface area (Å²) in [7, 11) is 0. The van der Waals surface area contributed by atoms with Crippen molar-refractivity contribution < 1.29 is 14.4 Å². The number of hydrogen-bond donors (Lipinski definition) is 0. The average molecular weight is 291 g/mol. The van der Waals surface area contributed by atoms with Crippen LogP contribution in [0.15, 0.2) is 53.9 Å². The molecule has 1 heterocycles. The molecule has 0 N–H and O–H groups in total. The minimum Gasteiger partial charge on any atom is -0.482 e. The fourth-order valence-corrected chi connectivity index (χ4v) is 1.42. The number of rotatable bonds is 5. The zero-order chi connectivity index (χ0) is 14.2. The summed E-state index contributed by atoms with van der Waals surface area (Å²) in [6.45, 7) is -0.230. The first-order valence-corrected chi connectivity index (χ1v) is 6.13. The van der Waals surface area contributed by atoms with Crippen LogP contribution in [-0.2, 0) is 9.63 Å². The zero-order valence-corrected chi connectivity index (χ0v) is 11.2. The van der Waals surface area contributed by atoms with Crippen LogP contribution in [0.2, 0.25) is 5.02 Å². The molecule has 0 bridgehead atoms. The first-order chi connectivity index (χ1) is 9.74. The molecule has 0 amide bonds. The minimum atomic E-state index is -0.597. The SMILES string of the molecule is O=C(COc1ccc(Cl)cc1)ON=Cc1cccnc1. The summed E-state index contributed by atoms with van der Waals surface area (Å²) in [6, 6.07) is 10.2. The van der Waals surface area contributed by atoms with Gasteiger partial charge in [0.15, 0.2) is 6.61 Å². The lowest BCUT2D eigenvalue weighted by Gasteiger charge is -2.03. The highest BCUT2D eigenvalue weighted by atomic mass is 35.5. The van der Waals surface area contributed by atoms with Crippen LogP contribution >= 0.6 is 11.6 Å². The predicted molar refractivity (Wildman–Crippen MR) is 74.9 cm³/mol. The molecule has 0 fully saturated rings. The Kier molecular flexibility index (Phi) is 5.08.